The Morgan fingerprint density at radius 2 is 2.20 bits per heavy atom. The summed E-state index contributed by atoms with van der Waals surface area (Å²) in [6.45, 7) is 6.10. The third-order valence-corrected chi connectivity index (χ3v) is 4.09. The van der Waals surface area contributed by atoms with E-state index in [4.69, 9.17) is 4.74 Å². The number of rotatable bonds is 7. The number of benzene rings is 1. The van der Waals surface area contributed by atoms with Gasteiger partial charge in [0, 0.05) is 6.07 Å². The summed E-state index contributed by atoms with van der Waals surface area (Å²) in [7, 11) is 0. The molecule has 1 amide bonds. The van der Waals surface area contributed by atoms with Gasteiger partial charge in [0.15, 0.2) is 6.29 Å². The summed E-state index contributed by atoms with van der Waals surface area (Å²) in [4.78, 5) is 23.4. The van der Waals surface area contributed by atoms with Crippen molar-refractivity contribution in [3.8, 4) is 0 Å². The number of hydrogen-bond donors (Lipinski definition) is 3. The first-order chi connectivity index (χ1) is 11.8. The predicted octanol–water partition coefficient (Wildman–Crippen LogP) is 1.95. The normalized spacial score (nSPS) is 21.2. The third kappa shape index (κ3) is 5.14. The minimum atomic E-state index is -1.02. The fourth-order valence-electron chi connectivity index (χ4n) is 2.81. The van der Waals surface area contributed by atoms with Crippen LogP contribution in [0.1, 0.15) is 32.3 Å². The Labute approximate surface area is 146 Å². The number of carbonyl (C=O) groups is 1. The quantitative estimate of drug-likeness (QED) is 0.511. The lowest BCUT2D eigenvalue weighted by molar-refractivity contribution is -0.384. The van der Waals surface area contributed by atoms with E-state index in [0.717, 1.165) is 5.56 Å². The molecule has 0 bridgehead atoms. The molecule has 1 aromatic carbocycles. The van der Waals surface area contributed by atoms with Crippen LogP contribution < -0.4 is 10.6 Å². The van der Waals surface area contributed by atoms with Gasteiger partial charge in [-0.05, 0) is 37.3 Å². The minimum Gasteiger partial charge on any atom is -0.368 e. The smallest absolute Gasteiger partial charge is 0.292 e. The average molecular weight is 351 g/mol. The maximum atomic E-state index is 12.6. The molecule has 1 heterocycles. The number of aliphatic hydroxyl groups excluding tert-OH is 1. The average Bonchev–Trinajstić information content (AvgIpc) is 2.92. The van der Waals surface area contributed by atoms with E-state index in [9.17, 15) is 20.0 Å². The van der Waals surface area contributed by atoms with E-state index in [0.29, 0.717) is 25.1 Å². The number of carbonyl (C=O) groups excluding carboxylic acids is 1. The standard InChI is InChI=1S/C17H25N3O5/c1-10(2)8-14(16(21)19-13-6-7-25-17(13)22)18-12-5-4-11(3)9-15(12)20(23)24/h4-5,9-10,13-14,17-18,22H,6-8H2,1-3H3,(H,19,21). The second kappa shape index (κ2) is 8.26. The van der Waals surface area contributed by atoms with E-state index in [1.54, 1.807) is 19.1 Å². The predicted molar refractivity (Wildman–Crippen MR) is 93.2 cm³/mol. The van der Waals surface area contributed by atoms with Crippen molar-refractivity contribution < 1.29 is 19.6 Å². The molecule has 0 radical (unpaired) electrons. The first kappa shape index (κ1) is 19.1. The van der Waals surface area contributed by atoms with E-state index < -0.39 is 23.3 Å². The lowest BCUT2D eigenvalue weighted by Gasteiger charge is -2.24. The summed E-state index contributed by atoms with van der Waals surface area (Å²) in [6.07, 6.45) is 0.0179. The molecule has 2 rings (SSSR count). The van der Waals surface area contributed by atoms with Crippen LogP contribution in [0.5, 0.6) is 0 Å². The summed E-state index contributed by atoms with van der Waals surface area (Å²) < 4.78 is 5.04. The first-order valence-electron chi connectivity index (χ1n) is 8.39. The summed E-state index contributed by atoms with van der Waals surface area (Å²) in [6, 6.07) is 3.74. The second-order valence-corrected chi connectivity index (χ2v) is 6.77. The number of aliphatic hydroxyl groups is 1. The first-order valence-corrected chi connectivity index (χ1v) is 8.39. The van der Waals surface area contributed by atoms with Crippen molar-refractivity contribution in [1.82, 2.24) is 5.32 Å². The molecule has 3 unspecified atom stereocenters. The third-order valence-electron chi connectivity index (χ3n) is 4.09. The van der Waals surface area contributed by atoms with E-state index in [-0.39, 0.29) is 17.5 Å². The molecule has 8 heteroatoms. The van der Waals surface area contributed by atoms with Crippen LogP contribution in [-0.4, -0.2) is 40.9 Å². The van der Waals surface area contributed by atoms with Crippen LogP contribution in [0.15, 0.2) is 18.2 Å². The van der Waals surface area contributed by atoms with Gasteiger partial charge in [-0.3, -0.25) is 14.9 Å². The molecule has 138 valence electrons. The van der Waals surface area contributed by atoms with Crippen LogP contribution in [-0.2, 0) is 9.53 Å². The number of aryl methyl sites for hydroxylation is 1. The number of nitro groups is 1. The Balaban J connectivity index is 2.17. The summed E-state index contributed by atoms with van der Waals surface area (Å²) in [5.74, 6) is -0.101. The highest BCUT2D eigenvalue weighted by atomic mass is 16.6. The Morgan fingerprint density at radius 3 is 2.76 bits per heavy atom. The molecule has 3 atom stereocenters. The molecule has 25 heavy (non-hydrogen) atoms. The number of anilines is 1. The van der Waals surface area contributed by atoms with Crippen molar-refractivity contribution in [2.45, 2.75) is 52.0 Å². The fourth-order valence-corrected chi connectivity index (χ4v) is 2.81. The molecule has 1 aliphatic heterocycles. The van der Waals surface area contributed by atoms with E-state index in [1.165, 1.54) is 6.07 Å². The second-order valence-electron chi connectivity index (χ2n) is 6.77. The van der Waals surface area contributed by atoms with Crippen LogP contribution >= 0.6 is 0 Å². The van der Waals surface area contributed by atoms with Gasteiger partial charge in [0.25, 0.3) is 5.69 Å². The van der Waals surface area contributed by atoms with Gasteiger partial charge in [0.1, 0.15) is 11.7 Å². The zero-order chi connectivity index (χ0) is 18.6. The minimum absolute atomic E-state index is 0.0641. The van der Waals surface area contributed by atoms with Gasteiger partial charge in [0.05, 0.1) is 17.6 Å². The van der Waals surface area contributed by atoms with Gasteiger partial charge >= 0.3 is 0 Å². The monoisotopic (exact) mass is 351 g/mol. The molecule has 1 aliphatic rings. The van der Waals surface area contributed by atoms with Gasteiger partial charge in [-0.15, -0.1) is 0 Å². The Hall–Kier alpha value is -2.19. The highest BCUT2D eigenvalue weighted by Gasteiger charge is 2.31. The molecule has 3 N–H and O–H groups in total. The summed E-state index contributed by atoms with van der Waals surface area (Å²) in [5.41, 5.74) is 1.01. The molecule has 0 spiro atoms. The van der Waals surface area contributed by atoms with Gasteiger partial charge in [-0.2, -0.15) is 0 Å². The molecule has 8 nitrogen and oxygen atoms in total. The highest BCUT2D eigenvalue weighted by molar-refractivity contribution is 5.85. The number of ether oxygens (including phenoxy) is 1. The van der Waals surface area contributed by atoms with Crippen molar-refractivity contribution in [2.24, 2.45) is 5.92 Å². The highest BCUT2D eigenvalue weighted by Crippen LogP contribution is 2.27. The van der Waals surface area contributed by atoms with E-state index >= 15 is 0 Å². The number of nitro benzene ring substituents is 1. The maximum absolute atomic E-state index is 12.6. The maximum Gasteiger partial charge on any atom is 0.292 e. The van der Waals surface area contributed by atoms with Crippen molar-refractivity contribution in [1.29, 1.82) is 0 Å². The van der Waals surface area contributed by atoms with Crippen molar-refractivity contribution >= 4 is 17.3 Å². The van der Waals surface area contributed by atoms with Crippen LogP contribution in [0.4, 0.5) is 11.4 Å². The summed E-state index contributed by atoms with van der Waals surface area (Å²) >= 11 is 0. The van der Waals surface area contributed by atoms with E-state index in [1.807, 2.05) is 13.8 Å². The molecule has 0 aliphatic carbocycles. The van der Waals surface area contributed by atoms with Gasteiger partial charge in [-0.1, -0.05) is 19.9 Å². The Morgan fingerprint density at radius 1 is 1.48 bits per heavy atom. The molecular formula is C17H25N3O5. The van der Waals surface area contributed by atoms with Crippen molar-refractivity contribution in [3.63, 3.8) is 0 Å². The zero-order valence-corrected chi connectivity index (χ0v) is 14.7. The van der Waals surface area contributed by atoms with Gasteiger partial charge in [0.2, 0.25) is 5.91 Å². The molecule has 0 saturated carbocycles. The lowest BCUT2D eigenvalue weighted by atomic mass is 10.0. The number of hydrogen-bond acceptors (Lipinski definition) is 6. The van der Waals surface area contributed by atoms with Crippen molar-refractivity contribution in [2.75, 3.05) is 11.9 Å². The molecule has 1 saturated heterocycles. The number of amides is 1. The SMILES string of the molecule is Cc1ccc(NC(CC(C)C)C(=O)NC2CCOC2O)c([N+](=O)[O-])c1. The van der Waals surface area contributed by atoms with Crippen LogP contribution in [0, 0.1) is 23.0 Å². The van der Waals surface area contributed by atoms with Gasteiger partial charge < -0.3 is 20.5 Å². The zero-order valence-electron chi connectivity index (χ0n) is 14.7. The number of nitrogens with one attached hydrogen (secondary N) is 2. The Kier molecular flexibility index (Phi) is 6.33. The van der Waals surface area contributed by atoms with E-state index in [2.05, 4.69) is 10.6 Å². The molecular weight excluding hydrogens is 326 g/mol. The molecule has 1 aromatic rings. The Bertz CT molecular complexity index is 635. The van der Waals surface area contributed by atoms with Gasteiger partial charge in [-0.25, -0.2) is 0 Å². The molecule has 1 fully saturated rings. The van der Waals surface area contributed by atoms with Crippen LogP contribution in [0.2, 0.25) is 0 Å². The summed E-state index contributed by atoms with van der Waals surface area (Å²) in [5, 5.41) is 26.7. The largest absolute Gasteiger partial charge is 0.368 e. The van der Waals surface area contributed by atoms with Crippen LogP contribution in [0.3, 0.4) is 0 Å². The topological polar surface area (TPSA) is 114 Å². The van der Waals surface area contributed by atoms with Crippen molar-refractivity contribution in [3.05, 3.63) is 33.9 Å². The number of nitrogens with zero attached hydrogens (tertiary/aromatic N) is 1. The lowest BCUT2D eigenvalue weighted by Crippen LogP contribution is -2.48. The molecule has 0 aromatic heterocycles. The fraction of sp³-hybridized carbons (Fsp3) is 0.588. The van der Waals surface area contributed by atoms with Crippen LogP contribution in [0.25, 0.3) is 0 Å².